The molecule has 1 atom stereocenters. The van der Waals surface area contributed by atoms with Gasteiger partial charge >= 0.3 is 12.1 Å². The Balaban J connectivity index is 1.35. The highest BCUT2D eigenvalue weighted by molar-refractivity contribution is 5.94. The Hall–Kier alpha value is -4.14. The van der Waals surface area contributed by atoms with Crippen LogP contribution in [0.25, 0.3) is 11.1 Å². The Morgan fingerprint density at radius 3 is 2.35 bits per heavy atom. The monoisotopic (exact) mass is 463 g/mol. The first kappa shape index (κ1) is 23.0. The number of benzene rings is 2. The van der Waals surface area contributed by atoms with Crippen LogP contribution in [0.2, 0.25) is 0 Å². The number of carbonyl (C=O) groups excluding carboxylic acids is 2. The fourth-order valence-corrected chi connectivity index (χ4v) is 4.22. The molecule has 1 heterocycles. The Kier molecular flexibility index (Phi) is 6.91. The normalized spacial score (nSPS) is 13.0. The maximum Gasteiger partial charge on any atom is 0.414 e. The van der Waals surface area contributed by atoms with Crippen molar-refractivity contribution in [3.8, 4) is 11.1 Å². The first-order chi connectivity index (χ1) is 16.5. The van der Waals surface area contributed by atoms with Crippen LogP contribution < -0.4 is 10.6 Å². The summed E-state index contributed by atoms with van der Waals surface area (Å²) in [5.41, 5.74) is 4.38. The van der Waals surface area contributed by atoms with Crippen LogP contribution in [0.1, 0.15) is 53.7 Å². The van der Waals surface area contributed by atoms with Crippen LogP contribution in [0.4, 0.5) is 10.7 Å². The maximum absolute atomic E-state index is 12.4. The third kappa shape index (κ3) is 5.09. The average Bonchev–Trinajstić information content (AvgIpc) is 3.40. The molecular formula is C25H25N3O6. The molecule has 1 aliphatic carbocycles. The van der Waals surface area contributed by atoms with Gasteiger partial charge in [0.1, 0.15) is 6.61 Å². The van der Waals surface area contributed by atoms with Crippen molar-refractivity contribution >= 4 is 23.9 Å². The Morgan fingerprint density at radius 2 is 1.74 bits per heavy atom. The van der Waals surface area contributed by atoms with Gasteiger partial charge in [0.25, 0.3) is 5.91 Å². The van der Waals surface area contributed by atoms with Gasteiger partial charge in [0.05, 0.1) is 6.42 Å². The van der Waals surface area contributed by atoms with Gasteiger partial charge in [-0.3, -0.25) is 14.9 Å². The van der Waals surface area contributed by atoms with Gasteiger partial charge in [0.2, 0.25) is 5.88 Å². The van der Waals surface area contributed by atoms with E-state index in [-0.39, 0.29) is 30.5 Å². The number of hydrogen-bond acceptors (Lipinski definition) is 6. The van der Waals surface area contributed by atoms with E-state index in [0.29, 0.717) is 12.8 Å². The standard InChI is InChI=1S/C25H25N3O6/c1-2-7-15(12-23(29)30)26-24(31)21-13-22(34-28-21)27-25(32)33-14-20-18-10-5-3-8-16(18)17-9-4-6-11-19(17)20/h3-6,8-11,13,15,20H,2,7,12,14H2,1H3,(H,26,31)(H,27,32)(H,29,30)/t15-/m0/s1. The molecule has 1 aliphatic rings. The van der Waals surface area contributed by atoms with E-state index < -0.39 is 24.0 Å². The number of carboxylic acid groups (broad SMARTS) is 1. The molecule has 1 aromatic heterocycles. The van der Waals surface area contributed by atoms with Gasteiger partial charge in [0.15, 0.2) is 5.69 Å². The van der Waals surface area contributed by atoms with E-state index in [1.54, 1.807) is 0 Å². The summed E-state index contributed by atoms with van der Waals surface area (Å²) in [7, 11) is 0. The van der Waals surface area contributed by atoms with Crippen LogP contribution >= 0.6 is 0 Å². The minimum Gasteiger partial charge on any atom is -0.481 e. The Morgan fingerprint density at radius 1 is 1.09 bits per heavy atom. The largest absolute Gasteiger partial charge is 0.481 e. The summed E-state index contributed by atoms with van der Waals surface area (Å²) < 4.78 is 10.5. The summed E-state index contributed by atoms with van der Waals surface area (Å²) in [5.74, 6) is -1.72. The Bertz CT molecular complexity index is 1160. The number of nitrogens with zero attached hydrogens (tertiary/aromatic N) is 1. The average molecular weight is 463 g/mol. The number of amides is 2. The minimum absolute atomic E-state index is 0.0485. The maximum atomic E-state index is 12.4. The predicted molar refractivity (Wildman–Crippen MR) is 124 cm³/mol. The molecule has 9 nitrogen and oxygen atoms in total. The van der Waals surface area contributed by atoms with Gasteiger partial charge in [-0.15, -0.1) is 0 Å². The zero-order chi connectivity index (χ0) is 24.1. The number of carboxylic acids is 1. The lowest BCUT2D eigenvalue weighted by Crippen LogP contribution is -2.36. The van der Waals surface area contributed by atoms with Crippen LogP contribution in [-0.4, -0.2) is 40.9 Å². The lowest BCUT2D eigenvalue weighted by molar-refractivity contribution is -0.137. The summed E-state index contributed by atoms with van der Waals surface area (Å²) in [6.45, 7) is 2.03. The highest BCUT2D eigenvalue weighted by Crippen LogP contribution is 2.44. The van der Waals surface area contributed by atoms with Crippen molar-refractivity contribution in [2.75, 3.05) is 11.9 Å². The smallest absolute Gasteiger partial charge is 0.414 e. The number of ether oxygens (including phenoxy) is 1. The third-order valence-electron chi connectivity index (χ3n) is 5.71. The lowest BCUT2D eigenvalue weighted by Gasteiger charge is -2.14. The fourth-order valence-electron chi connectivity index (χ4n) is 4.22. The number of hydrogen-bond donors (Lipinski definition) is 3. The molecule has 3 aromatic rings. The summed E-state index contributed by atoms with van der Waals surface area (Å²) in [6.07, 6.45) is 0.300. The van der Waals surface area contributed by atoms with Crippen LogP contribution in [-0.2, 0) is 9.53 Å². The predicted octanol–water partition coefficient (Wildman–Crippen LogP) is 4.41. The van der Waals surface area contributed by atoms with E-state index in [9.17, 15) is 14.4 Å². The molecule has 34 heavy (non-hydrogen) atoms. The molecule has 0 spiro atoms. The molecule has 0 radical (unpaired) electrons. The van der Waals surface area contributed by atoms with Gasteiger partial charge in [0, 0.05) is 18.0 Å². The highest BCUT2D eigenvalue weighted by Gasteiger charge is 2.29. The van der Waals surface area contributed by atoms with Gasteiger partial charge in [-0.2, -0.15) is 0 Å². The van der Waals surface area contributed by atoms with Gasteiger partial charge in [-0.05, 0) is 28.7 Å². The molecule has 0 unspecified atom stereocenters. The highest BCUT2D eigenvalue weighted by atomic mass is 16.6. The lowest BCUT2D eigenvalue weighted by atomic mass is 9.98. The number of aliphatic carboxylic acids is 1. The number of aromatic nitrogens is 1. The number of anilines is 1. The van der Waals surface area contributed by atoms with Crippen molar-refractivity contribution in [2.24, 2.45) is 0 Å². The third-order valence-corrected chi connectivity index (χ3v) is 5.71. The molecule has 0 saturated heterocycles. The fraction of sp³-hybridized carbons (Fsp3) is 0.280. The summed E-state index contributed by atoms with van der Waals surface area (Å²) in [4.78, 5) is 35.7. The molecule has 4 rings (SSSR count). The second kappa shape index (κ2) is 10.2. The van der Waals surface area contributed by atoms with Crippen molar-refractivity contribution in [1.82, 2.24) is 10.5 Å². The van der Waals surface area contributed by atoms with Crippen LogP contribution in [0.5, 0.6) is 0 Å². The number of nitrogens with one attached hydrogen (secondary N) is 2. The van der Waals surface area contributed by atoms with E-state index in [2.05, 4.69) is 27.9 Å². The molecule has 3 N–H and O–H groups in total. The number of fused-ring (bicyclic) bond motifs is 3. The first-order valence-electron chi connectivity index (χ1n) is 11.1. The van der Waals surface area contributed by atoms with E-state index >= 15 is 0 Å². The van der Waals surface area contributed by atoms with E-state index in [1.807, 2.05) is 43.3 Å². The molecule has 0 bridgehead atoms. The van der Waals surface area contributed by atoms with Gasteiger partial charge in [-0.25, -0.2) is 4.79 Å². The van der Waals surface area contributed by atoms with Crippen molar-refractivity contribution < 1.29 is 28.8 Å². The van der Waals surface area contributed by atoms with E-state index in [1.165, 1.54) is 6.07 Å². The van der Waals surface area contributed by atoms with E-state index in [4.69, 9.17) is 14.4 Å². The molecule has 0 aliphatic heterocycles. The molecule has 0 saturated carbocycles. The van der Waals surface area contributed by atoms with Gasteiger partial charge < -0.3 is 19.7 Å². The second-order valence-corrected chi connectivity index (χ2v) is 8.08. The number of carbonyl (C=O) groups is 3. The minimum atomic E-state index is -1.00. The molecule has 2 aromatic carbocycles. The van der Waals surface area contributed by atoms with Crippen LogP contribution in [0.15, 0.2) is 59.1 Å². The first-order valence-corrected chi connectivity index (χ1v) is 11.1. The van der Waals surface area contributed by atoms with Crippen LogP contribution in [0.3, 0.4) is 0 Å². The van der Waals surface area contributed by atoms with Gasteiger partial charge in [-0.1, -0.05) is 67.0 Å². The van der Waals surface area contributed by atoms with Crippen molar-refractivity contribution in [3.63, 3.8) is 0 Å². The zero-order valence-corrected chi connectivity index (χ0v) is 18.6. The Labute approximate surface area is 196 Å². The van der Waals surface area contributed by atoms with Crippen LogP contribution in [0, 0.1) is 0 Å². The zero-order valence-electron chi connectivity index (χ0n) is 18.6. The SMILES string of the molecule is CCC[C@@H](CC(=O)O)NC(=O)c1cc(NC(=O)OCC2c3ccccc3-c3ccccc32)on1. The number of rotatable bonds is 9. The molecule has 0 fully saturated rings. The molecular weight excluding hydrogens is 438 g/mol. The molecule has 2 amide bonds. The molecule has 9 heteroatoms. The summed E-state index contributed by atoms with van der Waals surface area (Å²) >= 11 is 0. The van der Waals surface area contributed by atoms with E-state index in [0.717, 1.165) is 22.3 Å². The van der Waals surface area contributed by atoms with Crippen molar-refractivity contribution in [2.45, 2.75) is 38.1 Å². The van der Waals surface area contributed by atoms with Crippen molar-refractivity contribution in [3.05, 3.63) is 71.4 Å². The second-order valence-electron chi connectivity index (χ2n) is 8.08. The quantitative estimate of drug-likeness (QED) is 0.428. The summed E-state index contributed by atoms with van der Waals surface area (Å²) in [6, 6.07) is 16.8. The summed E-state index contributed by atoms with van der Waals surface area (Å²) in [5, 5.41) is 17.7. The van der Waals surface area contributed by atoms with Crippen molar-refractivity contribution in [1.29, 1.82) is 0 Å². The molecule has 176 valence electrons. The topological polar surface area (TPSA) is 131 Å².